The van der Waals surface area contributed by atoms with Crippen LogP contribution < -0.4 is 10.5 Å². The van der Waals surface area contributed by atoms with Gasteiger partial charge in [0.2, 0.25) is 10.0 Å². The van der Waals surface area contributed by atoms with Crippen molar-refractivity contribution in [2.24, 2.45) is 23.0 Å². The van der Waals surface area contributed by atoms with Crippen LogP contribution in [0, 0.1) is 24.2 Å². The van der Waals surface area contributed by atoms with Gasteiger partial charge in [0.15, 0.2) is 0 Å². The smallest absolute Gasteiger partial charge is 0.240 e. The first kappa shape index (κ1) is 15.6. The maximum atomic E-state index is 12.6. The molecule has 0 aromatic heterocycles. The molecular formula is C18H26N2O2S. The van der Waals surface area contributed by atoms with Gasteiger partial charge in [-0.05, 0) is 74.8 Å². The minimum absolute atomic E-state index is 0.0423. The van der Waals surface area contributed by atoms with Crippen LogP contribution in [0.5, 0.6) is 0 Å². The SMILES string of the molecule is Cc1ccc(S(=O)(=O)NCC23CC4CC(CC(N)(C4)C2)C3)cc1. The van der Waals surface area contributed by atoms with E-state index < -0.39 is 10.0 Å². The van der Waals surface area contributed by atoms with E-state index in [1.165, 1.54) is 6.42 Å². The molecule has 126 valence electrons. The summed E-state index contributed by atoms with van der Waals surface area (Å²) in [6, 6.07) is 7.05. The summed E-state index contributed by atoms with van der Waals surface area (Å²) in [6.07, 6.45) is 6.82. The number of hydrogen-bond acceptors (Lipinski definition) is 3. The van der Waals surface area contributed by atoms with Gasteiger partial charge in [-0.3, -0.25) is 0 Å². The molecule has 0 saturated heterocycles. The lowest BCUT2D eigenvalue weighted by Crippen LogP contribution is -2.62. The second-order valence-corrected chi connectivity index (χ2v) is 10.2. The fourth-order valence-electron chi connectivity index (χ4n) is 5.78. The Morgan fingerprint density at radius 1 is 1.13 bits per heavy atom. The monoisotopic (exact) mass is 334 g/mol. The van der Waals surface area contributed by atoms with Gasteiger partial charge in [-0.25, -0.2) is 13.1 Å². The summed E-state index contributed by atoms with van der Waals surface area (Å²) in [5.74, 6) is 1.40. The Kier molecular flexibility index (Phi) is 3.42. The molecule has 23 heavy (non-hydrogen) atoms. The van der Waals surface area contributed by atoms with E-state index in [1.807, 2.05) is 19.1 Å². The van der Waals surface area contributed by atoms with E-state index in [0.717, 1.165) is 37.7 Å². The average molecular weight is 334 g/mol. The molecule has 4 saturated carbocycles. The van der Waals surface area contributed by atoms with Crippen LogP contribution >= 0.6 is 0 Å². The third-order valence-electron chi connectivity index (χ3n) is 6.20. The van der Waals surface area contributed by atoms with Crippen LogP contribution in [-0.4, -0.2) is 20.5 Å². The summed E-state index contributed by atoms with van der Waals surface area (Å²) in [4.78, 5) is 0.357. The van der Waals surface area contributed by atoms with E-state index >= 15 is 0 Å². The molecule has 4 bridgehead atoms. The summed E-state index contributed by atoms with van der Waals surface area (Å²) < 4.78 is 28.0. The highest BCUT2D eigenvalue weighted by atomic mass is 32.2. The fraction of sp³-hybridized carbons (Fsp3) is 0.667. The number of aryl methyl sites for hydroxylation is 1. The molecule has 0 heterocycles. The molecular weight excluding hydrogens is 308 g/mol. The highest BCUT2D eigenvalue weighted by Gasteiger charge is 2.56. The first-order chi connectivity index (χ1) is 10.8. The number of nitrogens with one attached hydrogen (secondary N) is 1. The van der Waals surface area contributed by atoms with E-state index in [-0.39, 0.29) is 11.0 Å². The van der Waals surface area contributed by atoms with Crippen molar-refractivity contribution >= 4 is 10.0 Å². The molecule has 3 N–H and O–H groups in total. The Morgan fingerprint density at radius 3 is 2.30 bits per heavy atom. The van der Waals surface area contributed by atoms with E-state index in [4.69, 9.17) is 5.73 Å². The van der Waals surface area contributed by atoms with Crippen LogP contribution in [-0.2, 0) is 10.0 Å². The van der Waals surface area contributed by atoms with Crippen molar-refractivity contribution in [2.45, 2.75) is 55.9 Å². The Labute approximate surface area is 138 Å². The van der Waals surface area contributed by atoms with Gasteiger partial charge < -0.3 is 5.73 Å². The van der Waals surface area contributed by atoms with Crippen LogP contribution in [0.3, 0.4) is 0 Å². The molecule has 0 aliphatic heterocycles. The summed E-state index contributed by atoms with van der Waals surface area (Å²) in [7, 11) is -3.43. The standard InChI is InChI=1S/C18H26N2O2S/c1-13-2-4-16(5-3-13)23(21,22)20-12-17-7-14-6-15(8-17)10-18(19,9-14)11-17/h2-5,14-15,20H,6-12,19H2,1H3. The van der Waals surface area contributed by atoms with Gasteiger partial charge in [-0.2, -0.15) is 0 Å². The number of hydrogen-bond donors (Lipinski definition) is 2. The van der Waals surface area contributed by atoms with Crippen molar-refractivity contribution < 1.29 is 8.42 Å². The third-order valence-corrected chi connectivity index (χ3v) is 7.61. The normalized spacial score (nSPS) is 38.9. The summed E-state index contributed by atoms with van der Waals surface area (Å²) >= 11 is 0. The number of benzene rings is 1. The van der Waals surface area contributed by atoms with Gasteiger partial charge in [0.1, 0.15) is 0 Å². The topological polar surface area (TPSA) is 72.2 Å². The van der Waals surface area contributed by atoms with Gasteiger partial charge in [0.05, 0.1) is 4.90 Å². The lowest BCUT2D eigenvalue weighted by atomic mass is 9.47. The molecule has 5 heteroatoms. The second kappa shape index (κ2) is 5.04. The first-order valence-electron chi connectivity index (χ1n) is 8.63. The predicted octanol–water partition coefficient (Wildman–Crippen LogP) is 2.57. The van der Waals surface area contributed by atoms with E-state index in [0.29, 0.717) is 23.3 Å². The molecule has 2 atom stereocenters. The summed E-state index contributed by atoms with van der Waals surface area (Å²) in [5, 5.41) is 0. The molecule has 4 fully saturated rings. The van der Waals surface area contributed by atoms with Crippen molar-refractivity contribution in [2.75, 3.05) is 6.54 Å². The number of rotatable bonds is 4. The maximum Gasteiger partial charge on any atom is 0.240 e. The van der Waals surface area contributed by atoms with Gasteiger partial charge in [0, 0.05) is 12.1 Å². The molecule has 1 aromatic carbocycles. The lowest BCUT2D eigenvalue weighted by Gasteiger charge is -2.61. The molecule has 4 nitrogen and oxygen atoms in total. The van der Waals surface area contributed by atoms with Crippen molar-refractivity contribution in [3.63, 3.8) is 0 Å². The van der Waals surface area contributed by atoms with Crippen LogP contribution in [0.15, 0.2) is 29.2 Å². The van der Waals surface area contributed by atoms with Crippen LogP contribution in [0.25, 0.3) is 0 Å². The molecule has 4 aliphatic rings. The second-order valence-electron chi connectivity index (χ2n) is 8.46. The summed E-state index contributed by atoms with van der Waals surface area (Å²) in [6.45, 7) is 2.50. The van der Waals surface area contributed by atoms with Gasteiger partial charge in [-0.15, -0.1) is 0 Å². The Bertz CT molecular complexity index is 697. The van der Waals surface area contributed by atoms with Crippen molar-refractivity contribution in [1.29, 1.82) is 0 Å². The largest absolute Gasteiger partial charge is 0.325 e. The predicted molar refractivity (Wildman–Crippen MR) is 90.4 cm³/mol. The quantitative estimate of drug-likeness (QED) is 0.889. The van der Waals surface area contributed by atoms with Crippen LogP contribution in [0.4, 0.5) is 0 Å². The van der Waals surface area contributed by atoms with Crippen LogP contribution in [0.2, 0.25) is 0 Å². The molecule has 2 unspecified atom stereocenters. The maximum absolute atomic E-state index is 12.6. The minimum Gasteiger partial charge on any atom is -0.325 e. The zero-order valence-corrected chi connectivity index (χ0v) is 14.5. The zero-order valence-electron chi connectivity index (χ0n) is 13.7. The van der Waals surface area contributed by atoms with E-state index in [1.54, 1.807) is 12.1 Å². The molecule has 4 aliphatic carbocycles. The zero-order chi connectivity index (χ0) is 16.3. The van der Waals surface area contributed by atoms with Crippen molar-refractivity contribution in [3.05, 3.63) is 29.8 Å². The minimum atomic E-state index is -3.43. The summed E-state index contributed by atoms with van der Waals surface area (Å²) in [5.41, 5.74) is 7.70. The Balaban J connectivity index is 1.51. The lowest BCUT2D eigenvalue weighted by molar-refractivity contribution is -0.0632. The Hall–Kier alpha value is -0.910. The highest BCUT2D eigenvalue weighted by molar-refractivity contribution is 7.89. The van der Waals surface area contributed by atoms with Gasteiger partial charge in [-0.1, -0.05) is 17.7 Å². The van der Waals surface area contributed by atoms with Crippen molar-refractivity contribution in [1.82, 2.24) is 4.72 Å². The molecule has 0 spiro atoms. The first-order valence-corrected chi connectivity index (χ1v) is 10.1. The molecule has 5 rings (SSSR count). The average Bonchev–Trinajstić information content (AvgIpc) is 2.43. The fourth-order valence-corrected chi connectivity index (χ4v) is 6.94. The Morgan fingerprint density at radius 2 is 1.74 bits per heavy atom. The number of nitrogens with two attached hydrogens (primary N) is 1. The van der Waals surface area contributed by atoms with Crippen LogP contribution in [0.1, 0.15) is 44.1 Å². The molecule has 1 aromatic rings. The third kappa shape index (κ3) is 2.83. The molecule has 0 radical (unpaired) electrons. The van der Waals surface area contributed by atoms with Crippen molar-refractivity contribution in [3.8, 4) is 0 Å². The van der Waals surface area contributed by atoms with E-state index in [2.05, 4.69) is 4.72 Å². The molecule has 0 amide bonds. The number of sulfonamides is 1. The van der Waals surface area contributed by atoms with Gasteiger partial charge >= 0.3 is 0 Å². The van der Waals surface area contributed by atoms with Gasteiger partial charge in [0.25, 0.3) is 0 Å². The van der Waals surface area contributed by atoms with E-state index in [9.17, 15) is 8.42 Å². The highest BCUT2D eigenvalue weighted by Crippen LogP contribution is 2.60.